The first kappa shape index (κ1) is 20.0. The number of nitrogens with two attached hydrogens (primary N) is 2. The maximum Gasteiger partial charge on any atom is 0.344 e. The van der Waals surface area contributed by atoms with Gasteiger partial charge in [0.15, 0.2) is 6.61 Å². The standard InChI is InChI=1S/C13H16Cl2N4O5/c14-7-1-2-10(9(15)3-7)23-6-13(22)24-8(4-11(20)18-16)5-12(21)19-17/h1-3,8H,4-6,16-17H2,(H,18,20)(H,19,21). The number of hydrogen-bond donors (Lipinski definition) is 4. The van der Waals surface area contributed by atoms with Crippen LogP contribution in [0.3, 0.4) is 0 Å². The third-order valence-corrected chi connectivity index (χ3v) is 3.22. The molecule has 0 aliphatic heterocycles. The Hall–Kier alpha value is -2.07. The molecule has 0 bridgehead atoms. The lowest BCUT2D eigenvalue weighted by molar-refractivity contribution is -0.153. The molecule has 0 heterocycles. The molecule has 9 nitrogen and oxygen atoms in total. The zero-order valence-electron chi connectivity index (χ0n) is 12.4. The van der Waals surface area contributed by atoms with Crippen molar-refractivity contribution >= 4 is 41.0 Å². The molecule has 0 unspecified atom stereocenters. The van der Waals surface area contributed by atoms with Crippen LogP contribution in [0.1, 0.15) is 12.8 Å². The fourth-order valence-corrected chi connectivity index (χ4v) is 2.10. The van der Waals surface area contributed by atoms with Crippen molar-refractivity contribution in [3.05, 3.63) is 28.2 Å². The average Bonchev–Trinajstić information content (AvgIpc) is 2.53. The highest BCUT2D eigenvalue weighted by Gasteiger charge is 2.21. The molecule has 1 aromatic carbocycles. The quantitative estimate of drug-likeness (QED) is 0.216. The Kier molecular flexibility index (Phi) is 8.27. The van der Waals surface area contributed by atoms with E-state index in [2.05, 4.69) is 0 Å². The lowest BCUT2D eigenvalue weighted by Crippen LogP contribution is -2.39. The van der Waals surface area contributed by atoms with Crippen molar-refractivity contribution in [1.82, 2.24) is 10.9 Å². The third-order valence-electron chi connectivity index (χ3n) is 2.69. The van der Waals surface area contributed by atoms with E-state index in [1.165, 1.54) is 18.2 Å². The second-order valence-electron chi connectivity index (χ2n) is 4.52. The van der Waals surface area contributed by atoms with Crippen molar-refractivity contribution in [3.63, 3.8) is 0 Å². The van der Waals surface area contributed by atoms with E-state index in [4.69, 9.17) is 44.4 Å². The summed E-state index contributed by atoms with van der Waals surface area (Å²) in [6.07, 6.45) is -1.66. The van der Waals surface area contributed by atoms with Crippen molar-refractivity contribution in [2.45, 2.75) is 18.9 Å². The van der Waals surface area contributed by atoms with Crippen molar-refractivity contribution in [2.24, 2.45) is 11.7 Å². The number of ether oxygens (including phenoxy) is 2. The van der Waals surface area contributed by atoms with Crippen LogP contribution < -0.4 is 27.3 Å². The van der Waals surface area contributed by atoms with Crippen molar-refractivity contribution in [2.75, 3.05) is 6.61 Å². The van der Waals surface area contributed by atoms with Gasteiger partial charge in [-0.2, -0.15) is 0 Å². The van der Waals surface area contributed by atoms with Crippen LogP contribution in [-0.4, -0.2) is 30.5 Å². The molecule has 0 aliphatic carbocycles. The fraction of sp³-hybridized carbons (Fsp3) is 0.308. The summed E-state index contributed by atoms with van der Waals surface area (Å²) in [6.45, 7) is -0.480. The van der Waals surface area contributed by atoms with Crippen molar-refractivity contribution < 1.29 is 23.9 Å². The summed E-state index contributed by atoms with van der Waals surface area (Å²) in [7, 11) is 0. The molecule has 0 radical (unpaired) electrons. The molecular formula is C13H16Cl2N4O5. The van der Waals surface area contributed by atoms with Crippen LogP contribution in [0.2, 0.25) is 10.0 Å². The van der Waals surface area contributed by atoms with Crippen LogP contribution in [0, 0.1) is 0 Å². The van der Waals surface area contributed by atoms with Gasteiger partial charge in [0.1, 0.15) is 11.9 Å². The molecule has 132 valence electrons. The third kappa shape index (κ3) is 7.01. The van der Waals surface area contributed by atoms with Crippen LogP contribution in [0.4, 0.5) is 0 Å². The lowest BCUT2D eigenvalue weighted by Gasteiger charge is -2.16. The number of hydrogen-bond acceptors (Lipinski definition) is 7. The van der Waals surface area contributed by atoms with Gasteiger partial charge in [-0.25, -0.2) is 16.5 Å². The summed E-state index contributed by atoms with van der Waals surface area (Å²) < 4.78 is 10.2. The largest absolute Gasteiger partial charge is 0.480 e. The van der Waals surface area contributed by atoms with Gasteiger partial charge in [-0.1, -0.05) is 23.2 Å². The Bertz CT molecular complexity index is 596. The van der Waals surface area contributed by atoms with E-state index in [1.807, 2.05) is 10.9 Å². The Labute approximate surface area is 147 Å². The molecule has 0 saturated heterocycles. The molecule has 0 saturated carbocycles. The van der Waals surface area contributed by atoms with Crippen LogP contribution in [0.15, 0.2) is 18.2 Å². The topological polar surface area (TPSA) is 146 Å². The van der Waals surface area contributed by atoms with E-state index in [0.29, 0.717) is 5.02 Å². The Morgan fingerprint density at radius 1 is 1.08 bits per heavy atom. The van der Waals surface area contributed by atoms with E-state index in [-0.39, 0.29) is 23.6 Å². The summed E-state index contributed by atoms with van der Waals surface area (Å²) in [6, 6.07) is 4.47. The molecule has 1 rings (SSSR count). The highest BCUT2D eigenvalue weighted by atomic mass is 35.5. The number of halogens is 2. The Balaban J connectivity index is 2.59. The van der Waals surface area contributed by atoms with Gasteiger partial charge in [0.2, 0.25) is 11.8 Å². The maximum atomic E-state index is 11.8. The minimum atomic E-state index is -1.05. The van der Waals surface area contributed by atoms with Crippen LogP contribution in [0.25, 0.3) is 0 Å². The van der Waals surface area contributed by atoms with Gasteiger partial charge < -0.3 is 9.47 Å². The molecule has 0 fully saturated rings. The molecule has 0 aliphatic rings. The molecule has 2 amide bonds. The van der Waals surface area contributed by atoms with Gasteiger partial charge in [0.05, 0.1) is 17.9 Å². The number of hydrazine groups is 2. The van der Waals surface area contributed by atoms with Crippen molar-refractivity contribution in [3.8, 4) is 5.75 Å². The molecule has 1 aromatic rings. The normalized spacial score (nSPS) is 10.2. The number of nitrogens with one attached hydrogen (secondary N) is 2. The smallest absolute Gasteiger partial charge is 0.344 e. The molecule has 11 heteroatoms. The van der Waals surface area contributed by atoms with Crippen LogP contribution >= 0.6 is 23.2 Å². The molecule has 0 atom stereocenters. The number of carbonyl (C=O) groups excluding carboxylic acids is 3. The van der Waals surface area contributed by atoms with Gasteiger partial charge in [0, 0.05) is 5.02 Å². The highest BCUT2D eigenvalue weighted by Crippen LogP contribution is 2.27. The molecule has 0 aromatic heterocycles. The van der Waals surface area contributed by atoms with Crippen LogP contribution in [-0.2, 0) is 19.1 Å². The molecule has 0 spiro atoms. The van der Waals surface area contributed by atoms with E-state index in [9.17, 15) is 14.4 Å². The summed E-state index contributed by atoms with van der Waals surface area (Å²) >= 11 is 11.6. The van der Waals surface area contributed by atoms with Gasteiger partial charge in [-0.05, 0) is 18.2 Å². The predicted molar refractivity (Wildman–Crippen MR) is 85.7 cm³/mol. The average molecular weight is 379 g/mol. The summed E-state index contributed by atoms with van der Waals surface area (Å²) in [5.74, 6) is 8.13. The zero-order valence-corrected chi connectivity index (χ0v) is 13.9. The second kappa shape index (κ2) is 9.93. The number of esters is 1. The fourth-order valence-electron chi connectivity index (χ4n) is 1.64. The molecular weight excluding hydrogens is 363 g/mol. The SMILES string of the molecule is NNC(=O)CC(CC(=O)NN)OC(=O)COc1ccc(Cl)cc1Cl. The van der Waals surface area contributed by atoms with Gasteiger partial charge in [-0.3, -0.25) is 20.4 Å². The van der Waals surface area contributed by atoms with E-state index in [1.54, 1.807) is 0 Å². The zero-order chi connectivity index (χ0) is 18.1. The number of amides is 2. The van der Waals surface area contributed by atoms with E-state index in [0.717, 1.165) is 0 Å². The summed E-state index contributed by atoms with van der Waals surface area (Å²) in [5, 5.41) is 0.632. The number of benzene rings is 1. The first-order valence-electron chi connectivity index (χ1n) is 6.62. The minimum Gasteiger partial charge on any atom is -0.480 e. The molecule has 6 N–H and O–H groups in total. The van der Waals surface area contributed by atoms with Crippen molar-refractivity contribution in [1.29, 1.82) is 0 Å². The first-order chi connectivity index (χ1) is 11.3. The summed E-state index contributed by atoms with van der Waals surface area (Å²) in [4.78, 5) is 34.4. The summed E-state index contributed by atoms with van der Waals surface area (Å²) in [5.41, 5.74) is 3.75. The predicted octanol–water partition coefficient (Wildman–Crippen LogP) is 0.0440. The van der Waals surface area contributed by atoms with E-state index < -0.39 is 30.5 Å². The first-order valence-corrected chi connectivity index (χ1v) is 7.37. The highest BCUT2D eigenvalue weighted by molar-refractivity contribution is 6.35. The minimum absolute atomic E-state index is 0.219. The lowest BCUT2D eigenvalue weighted by atomic mass is 10.1. The maximum absolute atomic E-state index is 11.8. The number of rotatable bonds is 8. The van der Waals surface area contributed by atoms with Gasteiger partial charge in [-0.15, -0.1) is 0 Å². The van der Waals surface area contributed by atoms with Gasteiger partial charge >= 0.3 is 5.97 Å². The van der Waals surface area contributed by atoms with Gasteiger partial charge in [0.25, 0.3) is 0 Å². The second-order valence-corrected chi connectivity index (χ2v) is 5.36. The monoisotopic (exact) mass is 378 g/mol. The van der Waals surface area contributed by atoms with Crippen LogP contribution in [0.5, 0.6) is 5.75 Å². The Morgan fingerprint density at radius 3 is 2.17 bits per heavy atom. The number of carbonyl (C=O) groups is 3. The Morgan fingerprint density at radius 2 is 1.67 bits per heavy atom. The molecule has 24 heavy (non-hydrogen) atoms. The van der Waals surface area contributed by atoms with E-state index >= 15 is 0 Å².